The number of aryl methyl sites for hydroxylation is 1. The number of benzene rings is 1. The van der Waals surface area contributed by atoms with E-state index >= 15 is 0 Å². The fourth-order valence-corrected chi connectivity index (χ4v) is 3.07. The Kier molecular flexibility index (Phi) is 5.68. The van der Waals surface area contributed by atoms with Crippen LogP contribution in [0.25, 0.3) is 5.69 Å². The van der Waals surface area contributed by atoms with Crippen molar-refractivity contribution in [1.29, 1.82) is 0 Å². The molecule has 1 heterocycles. The highest BCUT2D eigenvalue weighted by molar-refractivity contribution is 7.98. The summed E-state index contributed by atoms with van der Waals surface area (Å²) in [7, 11) is 0. The van der Waals surface area contributed by atoms with Gasteiger partial charge in [0.25, 0.3) is 0 Å². The van der Waals surface area contributed by atoms with Gasteiger partial charge in [0.15, 0.2) is 0 Å². The van der Waals surface area contributed by atoms with Crippen molar-refractivity contribution in [3.8, 4) is 5.69 Å². The molecule has 0 aliphatic carbocycles. The number of nitrogens with one attached hydrogen (secondary N) is 1. The van der Waals surface area contributed by atoms with E-state index in [2.05, 4.69) is 59.2 Å². The molecule has 1 aromatic carbocycles. The molecule has 0 saturated heterocycles. The van der Waals surface area contributed by atoms with Crippen LogP contribution in [0.1, 0.15) is 24.9 Å². The second-order valence-electron chi connectivity index (χ2n) is 4.91. The number of thioether (sulfide) groups is 1. The Labute approximate surface area is 125 Å². The Bertz CT molecular complexity index is 522. The van der Waals surface area contributed by atoms with Gasteiger partial charge in [-0.1, -0.05) is 25.1 Å². The normalized spacial score (nSPS) is 12.6. The maximum Gasteiger partial charge on any atom is 0.110 e. The SMILES string of the molecule is CCC(CSC)NCc1cnc(C)n1-c1ccccc1. The lowest BCUT2D eigenvalue weighted by molar-refractivity contribution is 0.532. The molecule has 1 unspecified atom stereocenters. The van der Waals surface area contributed by atoms with Gasteiger partial charge in [0, 0.05) is 24.0 Å². The first-order valence-corrected chi connectivity index (χ1v) is 8.46. The van der Waals surface area contributed by atoms with Crippen molar-refractivity contribution < 1.29 is 0 Å². The Morgan fingerprint density at radius 3 is 2.70 bits per heavy atom. The van der Waals surface area contributed by atoms with Crippen LogP contribution in [0, 0.1) is 6.92 Å². The summed E-state index contributed by atoms with van der Waals surface area (Å²) >= 11 is 1.89. The third kappa shape index (κ3) is 3.64. The zero-order chi connectivity index (χ0) is 14.4. The zero-order valence-electron chi connectivity index (χ0n) is 12.5. The first-order valence-electron chi connectivity index (χ1n) is 7.07. The number of hydrogen-bond donors (Lipinski definition) is 1. The smallest absolute Gasteiger partial charge is 0.110 e. The molecule has 2 rings (SSSR count). The van der Waals surface area contributed by atoms with E-state index in [0.29, 0.717) is 6.04 Å². The van der Waals surface area contributed by atoms with Gasteiger partial charge in [-0.3, -0.25) is 4.57 Å². The van der Waals surface area contributed by atoms with Crippen LogP contribution in [0.2, 0.25) is 0 Å². The Balaban J connectivity index is 2.14. The molecule has 0 fully saturated rings. The summed E-state index contributed by atoms with van der Waals surface area (Å²) in [5, 5.41) is 3.63. The first kappa shape index (κ1) is 15.1. The number of hydrogen-bond acceptors (Lipinski definition) is 3. The molecule has 0 radical (unpaired) electrons. The maximum atomic E-state index is 4.46. The van der Waals surface area contributed by atoms with Crippen molar-refractivity contribution in [2.24, 2.45) is 0 Å². The number of rotatable bonds is 7. The minimum Gasteiger partial charge on any atom is -0.308 e. The van der Waals surface area contributed by atoms with E-state index < -0.39 is 0 Å². The highest BCUT2D eigenvalue weighted by atomic mass is 32.2. The standard InChI is InChI=1S/C16H23N3S/c1-4-14(12-20-3)18-11-16-10-17-13(2)19(16)15-8-6-5-7-9-15/h5-10,14,18H,4,11-12H2,1-3H3. The van der Waals surface area contributed by atoms with E-state index in [1.165, 1.54) is 11.4 Å². The van der Waals surface area contributed by atoms with Gasteiger partial charge in [0.2, 0.25) is 0 Å². The average Bonchev–Trinajstić information content (AvgIpc) is 2.85. The summed E-state index contributed by atoms with van der Waals surface area (Å²) in [5.41, 5.74) is 2.39. The molecule has 4 heteroatoms. The number of imidazole rings is 1. The maximum absolute atomic E-state index is 4.46. The first-order chi connectivity index (χ1) is 9.76. The van der Waals surface area contributed by atoms with Crippen molar-refractivity contribution in [1.82, 2.24) is 14.9 Å². The van der Waals surface area contributed by atoms with Crippen molar-refractivity contribution in [3.05, 3.63) is 48.0 Å². The molecular formula is C16H23N3S. The third-order valence-corrected chi connectivity index (χ3v) is 4.19. The summed E-state index contributed by atoms with van der Waals surface area (Å²) in [4.78, 5) is 4.46. The van der Waals surface area contributed by atoms with E-state index in [1.807, 2.05) is 24.0 Å². The van der Waals surface area contributed by atoms with Gasteiger partial charge < -0.3 is 5.32 Å². The summed E-state index contributed by atoms with van der Waals surface area (Å²) in [6.07, 6.45) is 5.28. The lowest BCUT2D eigenvalue weighted by Gasteiger charge is -2.17. The van der Waals surface area contributed by atoms with Gasteiger partial charge >= 0.3 is 0 Å². The predicted octanol–water partition coefficient (Wildman–Crippen LogP) is 3.41. The Morgan fingerprint density at radius 2 is 2.05 bits per heavy atom. The summed E-state index contributed by atoms with van der Waals surface area (Å²) in [6, 6.07) is 11.0. The molecular weight excluding hydrogens is 266 g/mol. The van der Waals surface area contributed by atoms with Crippen LogP contribution in [-0.4, -0.2) is 27.6 Å². The fraction of sp³-hybridized carbons (Fsp3) is 0.438. The molecule has 0 saturated carbocycles. The number of para-hydroxylation sites is 1. The Morgan fingerprint density at radius 1 is 1.30 bits per heavy atom. The zero-order valence-corrected chi connectivity index (χ0v) is 13.3. The molecule has 3 nitrogen and oxygen atoms in total. The fourth-order valence-electron chi connectivity index (χ4n) is 2.32. The number of aromatic nitrogens is 2. The van der Waals surface area contributed by atoms with Crippen molar-refractivity contribution in [3.63, 3.8) is 0 Å². The molecule has 0 aliphatic heterocycles. The van der Waals surface area contributed by atoms with Gasteiger partial charge in [-0.2, -0.15) is 11.8 Å². The largest absolute Gasteiger partial charge is 0.308 e. The molecule has 1 N–H and O–H groups in total. The van der Waals surface area contributed by atoms with Crippen LogP contribution in [-0.2, 0) is 6.54 Å². The molecule has 1 aromatic heterocycles. The van der Waals surface area contributed by atoms with Crippen LogP contribution in [0.4, 0.5) is 0 Å². The van der Waals surface area contributed by atoms with E-state index in [1.54, 1.807) is 0 Å². The highest BCUT2D eigenvalue weighted by Gasteiger charge is 2.10. The third-order valence-electron chi connectivity index (χ3n) is 3.46. The molecule has 0 spiro atoms. The van der Waals surface area contributed by atoms with Crippen LogP contribution in [0.3, 0.4) is 0 Å². The van der Waals surface area contributed by atoms with Gasteiger partial charge in [0.05, 0.1) is 11.9 Å². The minimum atomic E-state index is 0.560. The highest BCUT2D eigenvalue weighted by Crippen LogP contribution is 2.14. The molecule has 0 bridgehead atoms. The summed E-state index contributed by atoms with van der Waals surface area (Å²) < 4.78 is 2.22. The van der Waals surface area contributed by atoms with Crippen molar-refractivity contribution >= 4 is 11.8 Å². The topological polar surface area (TPSA) is 29.9 Å². The number of nitrogens with zero attached hydrogens (tertiary/aromatic N) is 2. The van der Waals surface area contributed by atoms with Crippen LogP contribution >= 0.6 is 11.8 Å². The van der Waals surface area contributed by atoms with Gasteiger partial charge in [0.1, 0.15) is 5.82 Å². The van der Waals surface area contributed by atoms with E-state index in [4.69, 9.17) is 0 Å². The predicted molar refractivity (Wildman–Crippen MR) is 87.6 cm³/mol. The lowest BCUT2D eigenvalue weighted by Crippen LogP contribution is -2.30. The molecule has 0 aliphatic rings. The molecule has 0 amide bonds. The molecule has 20 heavy (non-hydrogen) atoms. The van der Waals surface area contributed by atoms with Gasteiger partial charge in [-0.05, 0) is 31.7 Å². The van der Waals surface area contributed by atoms with Crippen LogP contribution in [0.15, 0.2) is 36.5 Å². The van der Waals surface area contributed by atoms with E-state index in [9.17, 15) is 0 Å². The van der Waals surface area contributed by atoms with Crippen molar-refractivity contribution in [2.75, 3.05) is 12.0 Å². The Hall–Kier alpha value is -1.26. The van der Waals surface area contributed by atoms with Gasteiger partial charge in [-0.15, -0.1) is 0 Å². The van der Waals surface area contributed by atoms with Crippen LogP contribution < -0.4 is 5.32 Å². The lowest BCUT2D eigenvalue weighted by atomic mass is 10.2. The summed E-state index contributed by atoms with van der Waals surface area (Å²) in [6.45, 7) is 5.14. The quantitative estimate of drug-likeness (QED) is 0.847. The van der Waals surface area contributed by atoms with Gasteiger partial charge in [-0.25, -0.2) is 4.98 Å². The molecule has 2 aromatic rings. The second-order valence-corrected chi connectivity index (χ2v) is 5.82. The average molecular weight is 289 g/mol. The van der Waals surface area contributed by atoms with Crippen LogP contribution in [0.5, 0.6) is 0 Å². The van der Waals surface area contributed by atoms with E-state index in [-0.39, 0.29) is 0 Å². The monoisotopic (exact) mass is 289 g/mol. The van der Waals surface area contributed by atoms with E-state index in [0.717, 1.165) is 24.5 Å². The summed E-state index contributed by atoms with van der Waals surface area (Å²) in [5.74, 6) is 2.18. The van der Waals surface area contributed by atoms with Crippen molar-refractivity contribution in [2.45, 2.75) is 32.9 Å². The second kappa shape index (κ2) is 7.50. The molecule has 108 valence electrons. The minimum absolute atomic E-state index is 0.560. The molecule has 1 atom stereocenters.